The molecule has 1 fully saturated rings. The number of alkyl carbamates (subject to hydrolysis) is 1. The molecule has 5 rings (SSSR count). The van der Waals surface area contributed by atoms with E-state index < -0.39 is 58.4 Å². The van der Waals surface area contributed by atoms with Gasteiger partial charge in [-0.05, 0) is 46.2 Å². The molecular weight excluding hydrogens is 647 g/mol. The first-order valence-electron chi connectivity index (χ1n) is 14.7. The fourth-order valence-electron chi connectivity index (χ4n) is 5.76. The summed E-state index contributed by atoms with van der Waals surface area (Å²) >= 11 is 7.43. The number of ether oxygens (including phenoxy) is 2. The number of rotatable bonds is 4. The Morgan fingerprint density at radius 2 is 1.74 bits per heavy atom. The van der Waals surface area contributed by atoms with Crippen molar-refractivity contribution >= 4 is 52.3 Å². The minimum Gasteiger partial charge on any atom is -0.445 e. The van der Waals surface area contributed by atoms with Crippen molar-refractivity contribution in [3.8, 4) is 0 Å². The van der Waals surface area contributed by atoms with E-state index in [0.29, 0.717) is 0 Å². The molecular formula is C31H35ClF3N5O5S. The predicted octanol–water partition coefficient (Wildman–Crippen LogP) is 6.30. The third kappa shape index (κ3) is 7.17. The van der Waals surface area contributed by atoms with Crippen molar-refractivity contribution in [2.24, 2.45) is 0 Å². The smallest absolute Gasteiger partial charge is 0.417 e. The highest BCUT2D eigenvalue weighted by Gasteiger charge is 2.40. The average molecular weight is 682 g/mol. The minimum absolute atomic E-state index is 0.0199. The molecule has 1 N–H and O–H groups in total. The number of piperazine rings is 1. The lowest BCUT2D eigenvalue weighted by atomic mass is 10.1. The Bertz CT molecular complexity index is 1690. The van der Waals surface area contributed by atoms with Crippen LogP contribution < -0.4 is 15.9 Å². The van der Waals surface area contributed by atoms with E-state index in [0.717, 1.165) is 23.4 Å². The molecule has 2 aliphatic rings. The Morgan fingerprint density at radius 3 is 2.35 bits per heavy atom. The molecule has 46 heavy (non-hydrogen) atoms. The van der Waals surface area contributed by atoms with Crippen molar-refractivity contribution in [1.82, 2.24) is 19.8 Å². The molecule has 15 heteroatoms. The summed E-state index contributed by atoms with van der Waals surface area (Å²) in [7, 11) is 0. The van der Waals surface area contributed by atoms with Gasteiger partial charge in [0.15, 0.2) is 0 Å². The van der Waals surface area contributed by atoms with Crippen molar-refractivity contribution in [1.29, 1.82) is 0 Å². The van der Waals surface area contributed by atoms with Gasteiger partial charge < -0.3 is 19.7 Å². The number of aromatic nitrogens is 2. The van der Waals surface area contributed by atoms with Crippen LogP contribution in [0.5, 0.6) is 0 Å². The van der Waals surface area contributed by atoms with E-state index in [-0.39, 0.29) is 53.6 Å². The zero-order chi connectivity index (χ0) is 33.6. The standard InChI is InChI=1S/C31H35ClF3N5O5S/c1-17-12-38(13-18(2)40(17)29(43)45-30(3,4)5)26-21-11-22(31(33,34)35)23(32)25-24(21)39(27(41)37-26)14-20(16-46-25)36-28(42)44-15-19-9-7-6-8-10-19/h6-11,17-18,20H,12-16H2,1-5H3,(H,36,42)/t17-,18+,20-/m0/s1. The number of halogens is 4. The Morgan fingerprint density at radius 1 is 1.09 bits per heavy atom. The van der Waals surface area contributed by atoms with Gasteiger partial charge in [0.25, 0.3) is 0 Å². The van der Waals surface area contributed by atoms with Crippen LogP contribution in [0.1, 0.15) is 45.7 Å². The van der Waals surface area contributed by atoms with Crippen LogP contribution in [0.4, 0.5) is 28.6 Å². The average Bonchev–Trinajstić information content (AvgIpc) is 3.14. The van der Waals surface area contributed by atoms with Crippen LogP contribution in [0.15, 0.2) is 46.1 Å². The van der Waals surface area contributed by atoms with Crippen LogP contribution in [0, 0.1) is 0 Å². The second-order valence-corrected chi connectivity index (χ2v) is 13.9. The molecule has 3 atom stereocenters. The Balaban J connectivity index is 1.50. The zero-order valence-corrected chi connectivity index (χ0v) is 27.6. The maximum Gasteiger partial charge on any atom is 0.417 e. The summed E-state index contributed by atoms with van der Waals surface area (Å²) in [6, 6.07) is 8.48. The van der Waals surface area contributed by atoms with Crippen LogP contribution in [0.3, 0.4) is 0 Å². The number of nitrogens with zero attached hydrogens (tertiary/aromatic N) is 4. The third-order valence-corrected chi connectivity index (χ3v) is 9.39. The Labute approximate surface area is 273 Å². The molecule has 3 aromatic rings. The first kappa shape index (κ1) is 33.7. The number of amides is 2. The predicted molar refractivity (Wildman–Crippen MR) is 169 cm³/mol. The van der Waals surface area contributed by atoms with E-state index in [4.69, 9.17) is 21.1 Å². The van der Waals surface area contributed by atoms with Gasteiger partial charge in [-0.1, -0.05) is 41.9 Å². The molecule has 0 radical (unpaired) electrons. The van der Waals surface area contributed by atoms with Crippen molar-refractivity contribution < 1.29 is 32.2 Å². The summed E-state index contributed by atoms with van der Waals surface area (Å²) in [5.74, 6) is 0.187. The molecule has 0 spiro atoms. The van der Waals surface area contributed by atoms with Crippen LogP contribution in [0.2, 0.25) is 5.02 Å². The number of benzene rings is 2. The van der Waals surface area contributed by atoms with Crippen LogP contribution in [-0.4, -0.2) is 69.2 Å². The summed E-state index contributed by atoms with van der Waals surface area (Å²) < 4.78 is 55.1. The van der Waals surface area contributed by atoms with E-state index in [1.165, 1.54) is 4.57 Å². The number of hydrogen-bond donors (Lipinski definition) is 1. The van der Waals surface area contributed by atoms with E-state index in [1.807, 2.05) is 18.2 Å². The number of thioether (sulfide) groups is 1. The first-order valence-corrected chi connectivity index (χ1v) is 16.1. The Kier molecular flexibility index (Phi) is 9.42. The number of alkyl halides is 3. The SMILES string of the molecule is C[C@@H]1CN(c2nc(=O)n3c4c(c(Cl)c(C(F)(F)F)cc24)SC[C@@H](NC(=O)OCc2ccccc2)C3)C[C@H](C)N1C(=O)OC(C)(C)C. The fourth-order valence-corrected chi connectivity index (χ4v) is 7.33. The van der Waals surface area contributed by atoms with Crippen molar-refractivity contribution in [2.45, 2.75) is 82.6 Å². The summed E-state index contributed by atoms with van der Waals surface area (Å²) in [5, 5.41) is 2.29. The fraction of sp³-hybridized carbons (Fsp3) is 0.484. The van der Waals surface area contributed by atoms with Crippen LogP contribution >= 0.6 is 23.4 Å². The summed E-state index contributed by atoms with van der Waals surface area (Å²) in [6.45, 7) is 9.24. The molecule has 2 aliphatic heterocycles. The number of nitrogens with one attached hydrogen (secondary N) is 1. The topological polar surface area (TPSA) is 106 Å². The number of carbonyl (C=O) groups excluding carboxylic acids is 2. The van der Waals surface area contributed by atoms with Crippen LogP contribution in [-0.2, 0) is 28.8 Å². The van der Waals surface area contributed by atoms with Gasteiger partial charge in [-0.2, -0.15) is 18.2 Å². The lowest BCUT2D eigenvalue weighted by Crippen LogP contribution is -2.59. The summed E-state index contributed by atoms with van der Waals surface area (Å²) in [6.07, 6.45) is -6.03. The molecule has 3 heterocycles. The van der Waals surface area contributed by atoms with Crippen molar-refractivity contribution in [3.05, 3.63) is 63.0 Å². The van der Waals surface area contributed by atoms with Gasteiger partial charge in [0.1, 0.15) is 18.0 Å². The molecule has 2 amide bonds. The number of hydrogen-bond acceptors (Lipinski definition) is 8. The normalized spacial score (nSPS) is 20.3. The highest BCUT2D eigenvalue weighted by Crippen LogP contribution is 2.46. The zero-order valence-electron chi connectivity index (χ0n) is 26.0. The monoisotopic (exact) mass is 681 g/mol. The molecule has 1 aromatic heterocycles. The van der Waals surface area contributed by atoms with Gasteiger partial charge in [0.2, 0.25) is 0 Å². The van der Waals surface area contributed by atoms with E-state index >= 15 is 0 Å². The maximum atomic E-state index is 14.3. The molecule has 1 saturated heterocycles. The summed E-state index contributed by atoms with van der Waals surface area (Å²) in [5.41, 5.74) is -1.50. The second-order valence-electron chi connectivity index (χ2n) is 12.5. The molecule has 248 valence electrons. The van der Waals surface area contributed by atoms with Gasteiger partial charge in [-0.25, -0.2) is 14.4 Å². The molecule has 0 unspecified atom stereocenters. The number of carbonyl (C=O) groups is 2. The largest absolute Gasteiger partial charge is 0.445 e. The minimum atomic E-state index is -4.79. The van der Waals surface area contributed by atoms with Gasteiger partial charge in [-0.15, -0.1) is 11.8 Å². The quantitative estimate of drug-likeness (QED) is 0.342. The van der Waals surface area contributed by atoms with Crippen LogP contribution in [0.25, 0.3) is 10.9 Å². The molecule has 2 aromatic carbocycles. The van der Waals surface area contributed by atoms with E-state index in [2.05, 4.69) is 10.3 Å². The van der Waals surface area contributed by atoms with Gasteiger partial charge in [-0.3, -0.25) is 9.47 Å². The molecule has 0 aliphatic carbocycles. The van der Waals surface area contributed by atoms with Gasteiger partial charge in [0, 0.05) is 30.8 Å². The third-order valence-electron chi connectivity index (χ3n) is 7.63. The number of anilines is 1. The molecule has 0 saturated carbocycles. The van der Waals surface area contributed by atoms with E-state index in [9.17, 15) is 27.6 Å². The second kappa shape index (κ2) is 12.9. The highest BCUT2D eigenvalue weighted by molar-refractivity contribution is 7.99. The maximum absolute atomic E-state index is 14.3. The van der Waals surface area contributed by atoms with Crippen molar-refractivity contribution in [2.75, 3.05) is 23.7 Å². The Hall–Kier alpha value is -3.65. The highest BCUT2D eigenvalue weighted by atomic mass is 35.5. The lowest BCUT2D eigenvalue weighted by Gasteiger charge is -2.45. The first-order chi connectivity index (χ1) is 21.5. The lowest BCUT2D eigenvalue weighted by molar-refractivity contribution is -0.137. The van der Waals surface area contributed by atoms with Gasteiger partial charge in [0.05, 0.1) is 39.1 Å². The molecule has 0 bridgehead atoms. The van der Waals surface area contributed by atoms with Crippen molar-refractivity contribution in [3.63, 3.8) is 0 Å². The summed E-state index contributed by atoms with van der Waals surface area (Å²) in [4.78, 5) is 46.9. The van der Waals surface area contributed by atoms with Gasteiger partial charge >= 0.3 is 24.1 Å². The molecule has 10 nitrogen and oxygen atoms in total. The van der Waals surface area contributed by atoms with E-state index in [1.54, 1.807) is 56.6 Å².